The second kappa shape index (κ2) is 4.52. The van der Waals surface area contributed by atoms with Gasteiger partial charge in [0.2, 0.25) is 0 Å². The fraction of sp³-hybridized carbons (Fsp3) is 0.368. The van der Waals surface area contributed by atoms with Crippen molar-refractivity contribution in [2.24, 2.45) is 0 Å². The number of hydrogen-bond donors (Lipinski definition) is 1. The van der Waals surface area contributed by atoms with Crippen LogP contribution in [0.4, 0.5) is 5.69 Å². The molecule has 0 amide bonds. The molecule has 2 heterocycles. The average molecular weight is 279 g/mol. The minimum Gasteiger partial charge on any atom is -0.492 e. The van der Waals surface area contributed by atoms with Crippen molar-refractivity contribution in [3.63, 3.8) is 0 Å². The van der Waals surface area contributed by atoms with Gasteiger partial charge in [-0.25, -0.2) is 0 Å². The van der Waals surface area contributed by atoms with Crippen molar-refractivity contribution >= 4 is 5.69 Å². The van der Waals surface area contributed by atoms with Crippen LogP contribution in [0.3, 0.4) is 0 Å². The third-order valence-corrected chi connectivity index (χ3v) is 4.67. The van der Waals surface area contributed by atoms with Gasteiger partial charge in [0.25, 0.3) is 0 Å². The molecule has 0 unspecified atom stereocenters. The first-order chi connectivity index (χ1) is 10.1. The van der Waals surface area contributed by atoms with Crippen LogP contribution in [-0.2, 0) is 11.8 Å². The number of rotatable bonds is 1. The minimum atomic E-state index is 0.112. The van der Waals surface area contributed by atoms with Crippen LogP contribution in [0.15, 0.2) is 36.4 Å². The van der Waals surface area contributed by atoms with Crippen molar-refractivity contribution in [1.82, 2.24) is 0 Å². The van der Waals surface area contributed by atoms with E-state index in [1.807, 2.05) is 0 Å². The number of benzene rings is 2. The van der Waals surface area contributed by atoms with Crippen LogP contribution >= 0.6 is 0 Å². The highest BCUT2D eigenvalue weighted by atomic mass is 16.5. The zero-order chi connectivity index (χ0) is 14.4. The van der Waals surface area contributed by atoms with Gasteiger partial charge >= 0.3 is 0 Å². The lowest BCUT2D eigenvalue weighted by molar-refractivity contribution is 0.291. The maximum absolute atomic E-state index is 5.79. The Morgan fingerprint density at radius 2 is 1.86 bits per heavy atom. The highest BCUT2D eigenvalue weighted by Gasteiger charge is 2.31. The van der Waals surface area contributed by atoms with E-state index < -0.39 is 0 Å². The Morgan fingerprint density at radius 1 is 1.05 bits per heavy atom. The fourth-order valence-electron chi connectivity index (χ4n) is 3.35. The molecule has 0 spiro atoms. The Balaban J connectivity index is 1.77. The number of hydrogen-bond acceptors (Lipinski definition) is 2. The summed E-state index contributed by atoms with van der Waals surface area (Å²) in [4.78, 5) is 0. The molecule has 21 heavy (non-hydrogen) atoms. The third-order valence-electron chi connectivity index (χ3n) is 4.67. The van der Waals surface area contributed by atoms with Crippen molar-refractivity contribution in [3.05, 3.63) is 47.5 Å². The van der Waals surface area contributed by atoms with E-state index in [2.05, 4.69) is 55.6 Å². The van der Waals surface area contributed by atoms with Crippen molar-refractivity contribution in [2.75, 3.05) is 18.5 Å². The van der Waals surface area contributed by atoms with E-state index in [0.717, 1.165) is 18.9 Å². The quantitative estimate of drug-likeness (QED) is 0.836. The summed E-state index contributed by atoms with van der Waals surface area (Å²) in [6.07, 6.45) is 2.40. The molecule has 0 aromatic heterocycles. The van der Waals surface area contributed by atoms with E-state index in [9.17, 15) is 0 Å². The van der Waals surface area contributed by atoms with Crippen molar-refractivity contribution in [3.8, 4) is 16.9 Å². The summed E-state index contributed by atoms with van der Waals surface area (Å²) in [5.74, 6) is 1.04. The SMILES string of the molecule is CC1(C)COc2ccc(-c3ccc4c(c3)CCCN4)cc21. The average Bonchev–Trinajstić information content (AvgIpc) is 2.82. The van der Waals surface area contributed by atoms with Crippen molar-refractivity contribution < 1.29 is 4.74 Å². The molecule has 2 aromatic rings. The number of nitrogens with one attached hydrogen (secondary N) is 1. The van der Waals surface area contributed by atoms with Gasteiger partial charge in [0.1, 0.15) is 5.75 Å². The lowest BCUT2D eigenvalue weighted by Crippen LogP contribution is -2.18. The third kappa shape index (κ3) is 2.10. The van der Waals surface area contributed by atoms with Gasteiger partial charge < -0.3 is 10.1 Å². The molecule has 0 saturated heterocycles. The molecule has 0 aliphatic carbocycles. The van der Waals surface area contributed by atoms with E-state index in [0.29, 0.717) is 0 Å². The molecular weight excluding hydrogens is 258 g/mol. The molecule has 0 radical (unpaired) electrons. The standard InChI is InChI=1S/C19H21NO/c1-19(2)12-21-18-8-6-14(11-16(18)19)13-5-7-17-15(10-13)4-3-9-20-17/h5-8,10-11,20H,3-4,9,12H2,1-2H3. The van der Waals surface area contributed by atoms with E-state index >= 15 is 0 Å². The molecule has 1 N–H and O–H groups in total. The normalized spacial score (nSPS) is 18.4. The summed E-state index contributed by atoms with van der Waals surface area (Å²) in [6.45, 7) is 6.37. The molecule has 2 heteroatoms. The zero-order valence-corrected chi connectivity index (χ0v) is 12.7. The Labute approximate surface area is 126 Å². The van der Waals surface area contributed by atoms with E-state index in [-0.39, 0.29) is 5.41 Å². The van der Waals surface area contributed by atoms with E-state index in [1.165, 1.54) is 40.8 Å². The monoisotopic (exact) mass is 279 g/mol. The Kier molecular flexibility index (Phi) is 2.75. The lowest BCUT2D eigenvalue weighted by Gasteiger charge is -2.19. The molecule has 0 atom stereocenters. The minimum absolute atomic E-state index is 0.112. The summed E-state index contributed by atoms with van der Waals surface area (Å²) in [5, 5.41) is 3.48. The maximum atomic E-state index is 5.79. The van der Waals surface area contributed by atoms with Gasteiger partial charge in [-0.2, -0.15) is 0 Å². The van der Waals surface area contributed by atoms with Crippen LogP contribution in [0.2, 0.25) is 0 Å². The number of ether oxygens (including phenoxy) is 1. The van der Waals surface area contributed by atoms with Crippen molar-refractivity contribution in [2.45, 2.75) is 32.1 Å². The van der Waals surface area contributed by atoms with Gasteiger partial charge in [-0.3, -0.25) is 0 Å². The van der Waals surface area contributed by atoms with Crippen LogP contribution in [-0.4, -0.2) is 13.2 Å². The second-order valence-electron chi connectivity index (χ2n) is 6.79. The van der Waals surface area contributed by atoms with Gasteiger partial charge in [0, 0.05) is 23.2 Å². The molecule has 2 aliphatic heterocycles. The van der Waals surface area contributed by atoms with Crippen LogP contribution in [0.5, 0.6) is 5.75 Å². The van der Waals surface area contributed by atoms with Crippen LogP contribution in [0.25, 0.3) is 11.1 Å². The van der Waals surface area contributed by atoms with Gasteiger partial charge in [-0.1, -0.05) is 26.0 Å². The fourth-order valence-corrected chi connectivity index (χ4v) is 3.35. The molecule has 0 bridgehead atoms. The molecule has 2 aliphatic rings. The summed E-state index contributed by atoms with van der Waals surface area (Å²) < 4.78 is 5.79. The van der Waals surface area contributed by atoms with Crippen molar-refractivity contribution in [1.29, 1.82) is 0 Å². The highest BCUT2D eigenvalue weighted by molar-refractivity contribution is 5.71. The van der Waals surface area contributed by atoms with E-state index in [1.54, 1.807) is 0 Å². The Bertz CT molecular complexity index is 703. The van der Waals surface area contributed by atoms with Crippen LogP contribution in [0, 0.1) is 0 Å². The highest BCUT2D eigenvalue weighted by Crippen LogP contribution is 2.41. The molecule has 2 aromatic carbocycles. The van der Waals surface area contributed by atoms with E-state index in [4.69, 9.17) is 4.74 Å². The van der Waals surface area contributed by atoms with Gasteiger partial charge in [0.15, 0.2) is 0 Å². The first-order valence-electron chi connectivity index (χ1n) is 7.78. The first kappa shape index (κ1) is 12.8. The number of anilines is 1. The molecule has 2 nitrogen and oxygen atoms in total. The smallest absolute Gasteiger partial charge is 0.123 e. The lowest BCUT2D eigenvalue weighted by atomic mass is 9.85. The zero-order valence-electron chi connectivity index (χ0n) is 12.7. The van der Waals surface area contributed by atoms with Gasteiger partial charge in [-0.15, -0.1) is 0 Å². The second-order valence-corrected chi connectivity index (χ2v) is 6.79. The Morgan fingerprint density at radius 3 is 2.76 bits per heavy atom. The summed E-state index contributed by atoms with van der Waals surface area (Å²) in [5.41, 5.74) is 6.78. The molecule has 4 rings (SSSR count). The number of fused-ring (bicyclic) bond motifs is 2. The maximum Gasteiger partial charge on any atom is 0.123 e. The van der Waals surface area contributed by atoms with Crippen LogP contribution < -0.4 is 10.1 Å². The summed E-state index contributed by atoms with van der Waals surface area (Å²) in [7, 11) is 0. The predicted molar refractivity (Wildman–Crippen MR) is 87.2 cm³/mol. The largest absolute Gasteiger partial charge is 0.492 e. The summed E-state index contributed by atoms with van der Waals surface area (Å²) in [6, 6.07) is 13.4. The van der Waals surface area contributed by atoms with Gasteiger partial charge in [0.05, 0.1) is 6.61 Å². The molecular formula is C19H21NO. The Hall–Kier alpha value is -1.96. The molecule has 0 fully saturated rings. The topological polar surface area (TPSA) is 21.3 Å². The van der Waals surface area contributed by atoms with Crippen LogP contribution in [0.1, 0.15) is 31.4 Å². The molecule has 0 saturated carbocycles. The number of aryl methyl sites for hydroxylation is 1. The predicted octanol–water partition coefficient (Wildman–Crippen LogP) is 4.38. The van der Waals surface area contributed by atoms with Gasteiger partial charge in [-0.05, 0) is 53.8 Å². The summed E-state index contributed by atoms with van der Waals surface area (Å²) >= 11 is 0. The first-order valence-corrected chi connectivity index (χ1v) is 7.78. The molecule has 108 valence electrons.